The Hall–Kier alpha value is -1.30. The molecule has 0 aliphatic rings. The van der Waals surface area contributed by atoms with E-state index in [0.717, 1.165) is 0 Å². The number of aromatic hydroxyl groups is 2. The Morgan fingerprint density at radius 3 is 1.47 bits per heavy atom. The number of ether oxygens (including phenoxy) is 3. The summed E-state index contributed by atoms with van der Waals surface area (Å²) in [4.78, 5) is 0. The van der Waals surface area contributed by atoms with Crippen LogP contribution in [-0.4, -0.2) is 37.0 Å². The van der Waals surface area contributed by atoms with Crippen molar-refractivity contribution in [1.29, 1.82) is 0 Å². The van der Waals surface area contributed by atoms with Crippen LogP contribution in [0.15, 0.2) is 24.3 Å². The molecule has 1 aromatic rings. The molecule has 2 N–H and O–H groups in total. The van der Waals surface area contributed by atoms with Crippen molar-refractivity contribution in [2.75, 3.05) is 14.2 Å². The van der Waals surface area contributed by atoms with Gasteiger partial charge in [0.15, 0.2) is 24.1 Å². The minimum Gasteiger partial charge on any atom is -0.504 e. The maximum atomic E-state index is 8.67. The number of hydrogen-bond donors (Lipinski definition) is 2. The van der Waals surface area contributed by atoms with Crippen LogP contribution >= 0.6 is 0 Å². The summed E-state index contributed by atoms with van der Waals surface area (Å²) >= 11 is 0. The van der Waals surface area contributed by atoms with Gasteiger partial charge in [0.2, 0.25) is 0 Å². The zero-order valence-electron chi connectivity index (χ0n) is 10.6. The van der Waals surface area contributed by atoms with E-state index in [0.29, 0.717) is 0 Å². The summed E-state index contributed by atoms with van der Waals surface area (Å²) in [5.74, 6) is -0.153. The van der Waals surface area contributed by atoms with Crippen LogP contribution in [0.1, 0.15) is 13.8 Å². The third kappa shape index (κ3) is 7.57. The van der Waals surface area contributed by atoms with E-state index >= 15 is 0 Å². The van der Waals surface area contributed by atoms with Gasteiger partial charge >= 0.3 is 0 Å². The maximum Gasteiger partial charge on any atom is 0.157 e. The van der Waals surface area contributed by atoms with Crippen molar-refractivity contribution in [1.82, 2.24) is 0 Å². The topological polar surface area (TPSA) is 68.2 Å². The zero-order chi connectivity index (χ0) is 13.3. The second-order valence-electron chi connectivity index (χ2n) is 3.23. The van der Waals surface area contributed by atoms with Gasteiger partial charge in [-0.3, -0.25) is 0 Å². The highest BCUT2D eigenvalue weighted by molar-refractivity contribution is 5.36. The van der Waals surface area contributed by atoms with Gasteiger partial charge in [0.1, 0.15) is 0 Å². The van der Waals surface area contributed by atoms with Crippen molar-refractivity contribution in [2.24, 2.45) is 0 Å². The fourth-order valence-electron chi connectivity index (χ4n) is 0.845. The van der Waals surface area contributed by atoms with E-state index in [-0.39, 0.29) is 24.1 Å². The molecule has 1 rings (SSSR count). The molecule has 2 unspecified atom stereocenters. The van der Waals surface area contributed by atoms with Crippen LogP contribution in [0, 0.1) is 0 Å². The average molecular weight is 244 g/mol. The number of methoxy groups -OCH3 is 2. The van der Waals surface area contributed by atoms with Crippen LogP contribution in [-0.2, 0) is 14.2 Å². The van der Waals surface area contributed by atoms with Crippen molar-refractivity contribution < 1.29 is 24.4 Å². The molecule has 0 spiro atoms. The Bertz CT molecular complexity index is 274. The normalized spacial score (nSPS) is 13.4. The van der Waals surface area contributed by atoms with E-state index in [1.807, 2.05) is 13.8 Å². The standard InChI is InChI=1S/C6H14O3.C6H6O2/c1-5(7-3)9-6(2)8-4;7-5-3-1-2-4-6(5)8/h5-6H,1-4H3;1-4,7-8H. The summed E-state index contributed by atoms with van der Waals surface area (Å²) in [6.45, 7) is 3.63. The molecule has 0 aromatic heterocycles. The third-order valence-corrected chi connectivity index (χ3v) is 1.93. The number of benzene rings is 1. The van der Waals surface area contributed by atoms with Crippen LogP contribution in [0.25, 0.3) is 0 Å². The van der Waals surface area contributed by atoms with Crippen LogP contribution in [0.2, 0.25) is 0 Å². The van der Waals surface area contributed by atoms with Crippen molar-refractivity contribution >= 4 is 0 Å². The van der Waals surface area contributed by atoms with E-state index in [9.17, 15) is 0 Å². The predicted octanol–water partition coefficient (Wildman–Crippen LogP) is 2.09. The van der Waals surface area contributed by atoms with E-state index in [1.165, 1.54) is 12.1 Å². The van der Waals surface area contributed by atoms with E-state index < -0.39 is 0 Å². The SMILES string of the molecule is COC(C)OC(C)OC.Oc1ccccc1O. The molecular weight excluding hydrogens is 224 g/mol. The van der Waals surface area contributed by atoms with E-state index in [2.05, 4.69) is 0 Å². The zero-order valence-corrected chi connectivity index (χ0v) is 10.6. The van der Waals surface area contributed by atoms with Crippen molar-refractivity contribution in [3.63, 3.8) is 0 Å². The first-order valence-corrected chi connectivity index (χ1v) is 5.19. The van der Waals surface area contributed by atoms with Gasteiger partial charge in [0, 0.05) is 14.2 Å². The van der Waals surface area contributed by atoms with Gasteiger partial charge < -0.3 is 24.4 Å². The van der Waals surface area contributed by atoms with Crippen LogP contribution in [0.3, 0.4) is 0 Å². The molecule has 0 aliphatic heterocycles. The van der Waals surface area contributed by atoms with Crippen molar-refractivity contribution in [3.8, 4) is 11.5 Å². The first kappa shape index (κ1) is 15.7. The summed E-state index contributed by atoms with van der Waals surface area (Å²) < 4.78 is 14.7. The summed E-state index contributed by atoms with van der Waals surface area (Å²) in [6, 6.07) is 6.15. The molecule has 5 nitrogen and oxygen atoms in total. The Morgan fingerprint density at radius 1 is 0.882 bits per heavy atom. The van der Waals surface area contributed by atoms with Gasteiger partial charge in [-0.15, -0.1) is 0 Å². The summed E-state index contributed by atoms with van der Waals surface area (Å²) in [5, 5.41) is 17.3. The van der Waals surface area contributed by atoms with Crippen LogP contribution in [0.4, 0.5) is 0 Å². The number of para-hydroxylation sites is 2. The number of phenolic OH excluding ortho intramolecular Hbond substituents is 2. The monoisotopic (exact) mass is 244 g/mol. The van der Waals surface area contributed by atoms with E-state index in [4.69, 9.17) is 24.4 Å². The van der Waals surface area contributed by atoms with Gasteiger partial charge in [0.25, 0.3) is 0 Å². The van der Waals surface area contributed by atoms with Crippen molar-refractivity contribution in [3.05, 3.63) is 24.3 Å². The number of hydrogen-bond acceptors (Lipinski definition) is 5. The molecular formula is C12H20O5. The average Bonchev–Trinajstić information content (AvgIpc) is 2.33. The molecule has 98 valence electrons. The highest BCUT2D eigenvalue weighted by Crippen LogP contribution is 2.21. The van der Waals surface area contributed by atoms with Gasteiger partial charge in [-0.05, 0) is 26.0 Å². The first-order valence-electron chi connectivity index (χ1n) is 5.19. The Kier molecular flexibility index (Phi) is 8.13. The lowest BCUT2D eigenvalue weighted by Gasteiger charge is -2.15. The first-order chi connectivity index (χ1) is 8.01. The van der Waals surface area contributed by atoms with Crippen molar-refractivity contribution in [2.45, 2.75) is 26.4 Å². The fraction of sp³-hybridized carbons (Fsp3) is 0.500. The molecule has 5 heteroatoms. The largest absolute Gasteiger partial charge is 0.504 e. The smallest absolute Gasteiger partial charge is 0.157 e. The molecule has 2 atom stereocenters. The minimum absolute atomic E-state index is 0.0764. The molecule has 0 bridgehead atoms. The summed E-state index contributed by atoms with van der Waals surface area (Å²) in [7, 11) is 3.18. The summed E-state index contributed by atoms with van der Waals surface area (Å²) in [5.41, 5.74) is 0. The number of rotatable bonds is 4. The lowest BCUT2D eigenvalue weighted by molar-refractivity contribution is -0.213. The second-order valence-corrected chi connectivity index (χ2v) is 3.23. The molecule has 0 radical (unpaired) electrons. The Balaban J connectivity index is 0.000000302. The molecule has 1 aromatic carbocycles. The predicted molar refractivity (Wildman–Crippen MR) is 63.8 cm³/mol. The fourth-order valence-corrected chi connectivity index (χ4v) is 0.845. The minimum atomic E-state index is -0.194. The molecule has 0 fully saturated rings. The molecule has 0 saturated carbocycles. The Labute approximate surface area is 102 Å². The second kappa shape index (κ2) is 8.81. The lowest BCUT2D eigenvalue weighted by atomic mass is 10.3. The van der Waals surface area contributed by atoms with Gasteiger partial charge in [-0.2, -0.15) is 0 Å². The molecule has 17 heavy (non-hydrogen) atoms. The van der Waals surface area contributed by atoms with Gasteiger partial charge in [0.05, 0.1) is 0 Å². The molecule has 0 amide bonds. The lowest BCUT2D eigenvalue weighted by Crippen LogP contribution is -2.19. The number of phenols is 2. The van der Waals surface area contributed by atoms with E-state index in [1.54, 1.807) is 26.4 Å². The highest BCUT2D eigenvalue weighted by Gasteiger charge is 2.03. The van der Waals surface area contributed by atoms with Gasteiger partial charge in [-0.1, -0.05) is 12.1 Å². The van der Waals surface area contributed by atoms with Gasteiger partial charge in [-0.25, -0.2) is 0 Å². The quantitative estimate of drug-likeness (QED) is 0.627. The molecule has 0 saturated heterocycles. The van der Waals surface area contributed by atoms with Crippen LogP contribution < -0.4 is 0 Å². The van der Waals surface area contributed by atoms with Crippen LogP contribution in [0.5, 0.6) is 11.5 Å². The molecule has 0 heterocycles. The summed E-state index contributed by atoms with van der Waals surface area (Å²) in [6.07, 6.45) is -0.389. The highest BCUT2D eigenvalue weighted by atomic mass is 16.8. The Morgan fingerprint density at radius 2 is 1.24 bits per heavy atom. The third-order valence-electron chi connectivity index (χ3n) is 1.93. The maximum absolute atomic E-state index is 8.67. The molecule has 0 aliphatic carbocycles.